The number of rotatable bonds is 7. The van der Waals surface area contributed by atoms with E-state index in [2.05, 4.69) is 21.2 Å². The Morgan fingerprint density at radius 3 is 2.78 bits per heavy atom. The maximum absolute atomic E-state index is 13.9. The summed E-state index contributed by atoms with van der Waals surface area (Å²) in [7, 11) is 0. The Balaban J connectivity index is 1.23. The van der Waals surface area contributed by atoms with Gasteiger partial charge in [0.25, 0.3) is 0 Å². The van der Waals surface area contributed by atoms with Gasteiger partial charge in [-0.15, -0.1) is 0 Å². The van der Waals surface area contributed by atoms with E-state index in [1.54, 1.807) is 17.1 Å². The predicted molar refractivity (Wildman–Crippen MR) is 131 cm³/mol. The second-order valence-electron chi connectivity index (χ2n) is 9.99. The van der Waals surface area contributed by atoms with Crippen LogP contribution in [0.4, 0.5) is 9.18 Å². The molecule has 0 saturated carbocycles. The summed E-state index contributed by atoms with van der Waals surface area (Å²) in [6, 6.07) is 10.8. The number of carbonyl (C=O) groups excluding carboxylic acids is 2. The molecule has 0 aromatic heterocycles. The van der Waals surface area contributed by atoms with E-state index in [1.807, 2.05) is 36.4 Å². The lowest BCUT2D eigenvalue weighted by molar-refractivity contribution is -0.134. The number of alkyl halides is 1. The van der Waals surface area contributed by atoms with Crippen molar-refractivity contribution in [3.8, 4) is 6.07 Å². The Labute approximate surface area is 211 Å². The van der Waals surface area contributed by atoms with Crippen LogP contribution in [0.2, 0.25) is 0 Å². The molecule has 3 saturated heterocycles. The van der Waals surface area contributed by atoms with Crippen LogP contribution < -0.4 is 5.32 Å². The van der Waals surface area contributed by atoms with Gasteiger partial charge < -0.3 is 19.9 Å². The fraction of sp³-hybridized carbons (Fsp3) is 0.519. The molecule has 0 radical (unpaired) electrons. The molecule has 1 unspecified atom stereocenters. The Kier molecular flexibility index (Phi) is 7.23. The van der Waals surface area contributed by atoms with Crippen LogP contribution in [-0.2, 0) is 16.1 Å². The van der Waals surface area contributed by atoms with Gasteiger partial charge in [-0.3, -0.25) is 9.69 Å². The third-order valence-electron chi connectivity index (χ3n) is 7.64. The van der Waals surface area contributed by atoms with Crippen molar-refractivity contribution in [3.05, 3.63) is 59.8 Å². The van der Waals surface area contributed by atoms with Crippen LogP contribution in [0.1, 0.15) is 31.2 Å². The number of benzene rings is 1. The maximum atomic E-state index is 13.9. The van der Waals surface area contributed by atoms with Gasteiger partial charge in [0.2, 0.25) is 5.91 Å². The predicted octanol–water partition coefficient (Wildman–Crippen LogP) is 2.74. The Morgan fingerprint density at radius 2 is 2.06 bits per heavy atom. The normalized spacial score (nSPS) is 28.1. The van der Waals surface area contributed by atoms with E-state index in [-0.39, 0.29) is 24.6 Å². The van der Waals surface area contributed by atoms with Crippen LogP contribution in [0.3, 0.4) is 0 Å². The maximum Gasteiger partial charge on any atom is 0.408 e. The number of ether oxygens (including phenoxy) is 1. The van der Waals surface area contributed by atoms with Crippen LogP contribution in [0.15, 0.2) is 54.3 Å². The topological polar surface area (TPSA) is 88.9 Å². The Hall–Kier alpha value is -3.38. The fourth-order valence-electron chi connectivity index (χ4n) is 5.85. The number of hydrogen-bond donors (Lipinski definition) is 1. The molecule has 5 atom stereocenters. The molecular weight excluding hydrogens is 461 g/mol. The lowest BCUT2D eigenvalue weighted by Crippen LogP contribution is -2.57. The molecule has 5 rings (SSSR count). The number of nitriles is 1. The van der Waals surface area contributed by atoms with Crippen LogP contribution in [0, 0.1) is 11.3 Å². The zero-order valence-electron chi connectivity index (χ0n) is 20.3. The first-order valence-electron chi connectivity index (χ1n) is 12.7. The van der Waals surface area contributed by atoms with Crippen molar-refractivity contribution in [3.63, 3.8) is 0 Å². The Bertz CT molecular complexity index is 1070. The molecule has 190 valence electrons. The molecule has 2 amide bonds. The van der Waals surface area contributed by atoms with Crippen LogP contribution in [0.5, 0.6) is 0 Å². The number of halogens is 1. The lowest BCUT2D eigenvalue weighted by atomic mass is 10.1. The minimum Gasteiger partial charge on any atom is -0.445 e. The molecule has 1 aromatic carbocycles. The standard InChI is InChI=1S/C27H32FN5O3/c28-20-8-4-9-21(12-20)33-16-23-13-24(33)15-31(23)17-25(26(34)32-11-5-10-22(32)14-29)30-27(35)36-18-19-6-2-1-3-7-19/h1-4,6-9,20,22-25H,5,10-13,15-18H2,(H,30,35)/t20?,22-,23-,24-,25-/m0/s1. The summed E-state index contributed by atoms with van der Waals surface area (Å²) in [5, 5.41) is 12.3. The lowest BCUT2D eigenvalue weighted by Gasteiger charge is -2.39. The summed E-state index contributed by atoms with van der Waals surface area (Å²) in [6.07, 6.45) is 6.54. The second kappa shape index (κ2) is 10.7. The highest BCUT2D eigenvalue weighted by atomic mass is 19.1. The van der Waals surface area contributed by atoms with Crippen molar-refractivity contribution >= 4 is 12.0 Å². The second-order valence-corrected chi connectivity index (χ2v) is 9.99. The van der Waals surface area contributed by atoms with Gasteiger partial charge in [-0.2, -0.15) is 5.26 Å². The van der Waals surface area contributed by atoms with Gasteiger partial charge in [0.05, 0.1) is 6.07 Å². The summed E-state index contributed by atoms with van der Waals surface area (Å²) in [4.78, 5) is 32.3. The average Bonchev–Trinajstić information content (AvgIpc) is 3.63. The van der Waals surface area contributed by atoms with Crippen molar-refractivity contribution in [1.82, 2.24) is 20.0 Å². The number of piperazine rings is 1. The van der Waals surface area contributed by atoms with Gasteiger partial charge >= 0.3 is 6.09 Å². The largest absolute Gasteiger partial charge is 0.445 e. The summed E-state index contributed by atoms with van der Waals surface area (Å²) >= 11 is 0. The Morgan fingerprint density at radius 1 is 1.22 bits per heavy atom. The van der Waals surface area contributed by atoms with Gasteiger partial charge in [-0.25, -0.2) is 9.18 Å². The molecule has 3 fully saturated rings. The number of likely N-dealkylation sites (tertiary alicyclic amines) is 3. The summed E-state index contributed by atoms with van der Waals surface area (Å²) in [6.45, 7) is 2.50. The molecule has 1 aromatic rings. The molecule has 3 heterocycles. The molecule has 1 N–H and O–H groups in total. The number of nitrogens with one attached hydrogen (secondary N) is 1. The fourth-order valence-corrected chi connectivity index (χ4v) is 5.85. The van der Waals surface area contributed by atoms with E-state index in [0.717, 1.165) is 37.2 Å². The third kappa shape index (κ3) is 5.24. The number of carbonyl (C=O) groups is 2. The van der Waals surface area contributed by atoms with Gasteiger partial charge in [0, 0.05) is 50.4 Å². The minimum atomic E-state index is -0.943. The van der Waals surface area contributed by atoms with E-state index in [4.69, 9.17) is 4.74 Å². The van der Waals surface area contributed by atoms with Crippen molar-refractivity contribution in [1.29, 1.82) is 5.26 Å². The minimum absolute atomic E-state index is 0.112. The SMILES string of the molecule is N#C[C@@H]1CCCN1C(=O)[C@H](CN1C[C@@H]2C[C@H]1CN2C1=CC=CC(F)C1)NC(=O)OCc1ccccc1. The van der Waals surface area contributed by atoms with Crippen LogP contribution >= 0.6 is 0 Å². The number of hydrogen-bond acceptors (Lipinski definition) is 6. The summed E-state index contributed by atoms with van der Waals surface area (Å²) < 4.78 is 19.3. The third-order valence-corrected chi connectivity index (χ3v) is 7.64. The van der Waals surface area contributed by atoms with Crippen molar-refractivity contribution in [2.24, 2.45) is 0 Å². The molecule has 36 heavy (non-hydrogen) atoms. The zero-order valence-corrected chi connectivity index (χ0v) is 20.3. The molecule has 3 aliphatic heterocycles. The first kappa shape index (κ1) is 24.3. The molecule has 1 aliphatic carbocycles. The van der Waals surface area contributed by atoms with Gasteiger partial charge in [-0.1, -0.05) is 42.5 Å². The molecular formula is C27H32FN5O3. The van der Waals surface area contributed by atoms with Crippen LogP contribution in [-0.4, -0.2) is 83.2 Å². The van der Waals surface area contributed by atoms with Crippen molar-refractivity contribution < 1.29 is 18.7 Å². The smallest absolute Gasteiger partial charge is 0.408 e. The summed E-state index contributed by atoms with van der Waals surface area (Å²) in [5.41, 5.74) is 1.89. The van der Waals surface area contributed by atoms with Crippen molar-refractivity contribution in [2.75, 3.05) is 26.2 Å². The van der Waals surface area contributed by atoms with Gasteiger partial charge in [0.15, 0.2) is 0 Å². The van der Waals surface area contributed by atoms with Gasteiger partial charge in [0.1, 0.15) is 24.9 Å². The van der Waals surface area contributed by atoms with E-state index in [1.165, 1.54) is 0 Å². The number of amides is 2. The highest BCUT2D eigenvalue weighted by molar-refractivity contribution is 5.86. The highest BCUT2D eigenvalue weighted by Crippen LogP contribution is 2.36. The zero-order chi connectivity index (χ0) is 25.1. The number of nitrogens with zero attached hydrogens (tertiary/aromatic N) is 4. The van der Waals surface area contributed by atoms with Crippen molar-refractivity contribution in [2.45, 2.75) is 62.6 Å². The first-order valence-corrected chi connectivity index (χ1v) is 12.7. The molecule has 4 aliphatic rings. The number of allylic oxidation sites excluding steroid dienone is 4. The summed E-state index contributed by atoms with van der Waals surface area (Å²) in [5.74, 6) is -0.240. The van der Waals surface area contributed by atoms with Gasteiger partial charge in [-0.05, 0) is 30.9 Å². The molecule has 8 nitrogen and oxygen atoms in total. The van der Waals surface area contributed by atoms with E-state index >= 15 is 0 Å². The van der Waals surface area contributed by atoms with E-state index in [0.29, 0.717) is 25.9 Å². The number of alkyl carbamates (subject to hydrolysis) is 1. The average molecular weight is 494 g/mol. The van der Waals surface area contributed by atoms with E-state index < -0.39 is 24.3 Å². The molecule has 9 heteroatoms. The quantitative estimate of drug-likeness (QED) is 0.629. The molecule has 2 bridgehead atoms. The first-order chi connectivity index (χ1) is 17.5. The van der Waals surface area contributed by atoms with Crippen LogP contribution in [0.25, 0.3) is 0 Å². The number of fused-ring (bicyclic) bond motifs is 2. The molecule has 0 spiro atoms. The highest BCUT2D eigenvalue weighted by Gasteiger charge is 2.46. The van der Waals surface area contributed by atoms with E-state index in [9.17, 15) is 19.2 Å². The monoisotopic (exact) mass is 493 g/mol.